The Hall–Kier alpha value is -1.90. The van der Waals surface area contributed by atoms with Gasteiger partial charge in [-0.15, -0.1) is 0 Å². The fourth-order valence-electron chi connectivity index (χ4n) is 3.13. The summed E-state index contributed by atoms with van der Waals surface area (Å²) in [6, 6.07) is 9.89. The first-order valence-electron chi connectivity index (χ1n) is 7.72. The molecule has 1 aromatic rings. The van der Waals surface area contributed by atoms with Crippen LogP contribution >= 0.6 is 0 Å². The molecule has 5 nitrogen and oxygen atoms in total. The molecule has 0 bridgehead atoms. The van der Waals surface area contributed by atoms with Crippen molar-refractivity contribution in [2.75, 3.05) is 20.1 Å². The lowest BCUT2D eigenvalue weighted by Crippen LogP contribution is -2.38. The van der Waals surface area contributed by atoms with Gasteiger partial charge in [-0.05, 0) is 44.0 Å². The van der Waals surface area contributed by atoms with Gasteiger partial charge in [0.2, 0.25) is 0 Å². The number of nitrogens with one attached hydrogen (secondary N) is 1. The first-order chi connectivity index (χ1) is 10.5. The zero-order valence-electron chi connectivity index (χ0n) is 12.7. The quantitative estimate of drug-likeness (QED) is 0.871. The lowest BCUT2D eigenvalue weighted by atomic mass is 9.96. The Bertz CT molecular complexity index is 601. The summed E-state index contributed by atoms with van der Waals surface area (Å²) in [6.07, 6.45) is 2.21. The van der Waals surface area contributed by atoms with Gasteiger partial charge in [0.15, 0.2) is 0 Å². The first kappa shape index (κ1) is 15.0. The number of carbonyl (C=O) groups is 1. The molecule has 3 rings (SSSR count). The number of carbonyl (C=O) groups excluding carboxylic acids is 1. The molecule has 0 aromatic heterocycles. The number of hydrogen-bond donors (Lipinski definition) is 2. The third kappa shape index (κ3) is 2.85. The zero-order chi connectivity index (χ0) is 15.7. The Labute approximate surface area is 130 Å². The summed E-state index contributed by atoms with van der Waals surface area (Å²) in [5.74, 6) is -0.108. The number of rotatable bonds is 4. The zero-order valence-corrected chi connectivity index (χ0v) is 12.7. The van der Waals surface area contributed by atoms with E-state index in [2.05, 4.69) is 16.3 Å². The number of amides is 1. The molecule has 22 heavy (non-hydrogen) atoms. The molecule has 5 heteroatoms. The van der Waals surface area contributed by atoms with Crippen LogP contribution in [0.25, 0.3) is 0 Å². The first-order valence-corrected chi connectivity index (χ1v) is 7.72. The van der Waals surface area contributed by atoms with Gasteiger partial charge in [0.05, 0.1) is 17.6 Å². The molecular formula is C17H21N3O2. The van der Waals surface area contributed by atoms with E-state index in [1.807, 2.05) is 19.2 Å². The van der Waals surface area contributed by atoms with Crippen LogP contribution in [-0.4, -0.2) is 48.2 Å². The van der Waals surface area contributed by atoms with Crippen molar-refractivity contribution in [1.29, 1.82) is 5.26 Å². The highest BCUT2D eigenvalue weighted by atomic mass is 16.3. The second-order valence-corrected chi connectivity index (χ2v) is 6.46. The fourth-order valence-corrected chi connectivity index (χ4v) is 3.13. The number of β-amino-alcohol motifs (C(OH)–C–C–N with tert-alkyl or cyclic N) is 1. The minimum atomic E-state index is -0.308. The van der Waals surface area contributed by atoms with Crippen LogP contribution in [0.15, 0.2) is 24.3 Å². The van der Waals surface area contributed by atoms with Crippen molar-refractivity contribution in [2.45, 2.75) is 36.8 Å². The van der Waals surface area contributed by atoms with Gasteiger partial charge in [0.25, 0.3) is 5.91 Å². The molecule has 2 aliphatic rings. The molecule has 2 N–H and O–H groups in total. The number of aliphatic hydroxyl groups is 1. The predicted octanol–water partition coefficient (Wildman–Crippen LogP) is 1.04. The molecule has 1 aromatic carbocycles. The van der Waals surface area contributed by atoms with E-state index in [1.54, 1.807) is 12.1 Å². The molecule has 0 unspecified atom stereocenters. The summed E-state index contributed by atoms with van der Waals surface area (Å²) in [5.41, 5.74) is 1.31. The van der Waals surface area contributed by atoms with Crippen molar-refractivity contribution in [3.8, 4) is 6.07 Å². The molecule has 0 spiro atoms. The van der Waals surface area contributed by atoms with Crippen LogP contribution in [-0.2, 0) is 5.41 Å². The van der Waals surface area contributed by atoms with E-state index < -0.39 is 0 Å². The van der Waals surface area contributed by atoms with E-state index in [9.17, 15) is 15.2 Å². The average Bonchev–Trinajstić information content (AvgIpc) is 3.25. The molecule has 2 atom stereocenters. The minimum Gasteiger partial charge on any atom is -0.392 e. The number of likely N-dealkylation sites (tertiary alicyclic amines) is 1. The van der Waals surface area contributed by atoms with Crippen molar-refractivity contribution >= 4 is 5.91 Å². The van der Waals surface area contributed by atoms with Crippen LogP contribution in [0.4, 0.5) is 0 Å². The van der Waals surface area contributed by atoms with Crippen LogP contribution in [0, 0.1) is 11.3 Å². The highest BCUT2D eigenvalue weighted by Crippen LogP contribution is 2.47. The lowest BCUT2D eigenvalue weighted by molar-refractivity contribution is 0.0943. The second kappa shape index (κ2) is 5.71. The number of nitrogens with zero attached hydrogens (tertiary/aromatic N) is 2. The van der Waals surface area contributed by atoms with Gasteiger partial charge >= 0.3 is 0 Å². The van der Waals surface area contributed by atoms with E-state index >= 15 is 0 Å². The van der Waals surface area contributed by atoms with Gasteiger partial charge in [-0.25, -0.2) is 0 Å². The van der Waals surface area contributed by atoms with Crippen LogP contribution in [0.1, 0.15) is 35.2 Å². The maximum absolute atomic E-state index is 12.2. The predicted molar refractivity (Wildman–Crippen MR) is 82.3 cm³/mol. The van der Waals surface area contributed by atoms with Crippen LogP contribution < -0.4 is 5.32 Å². The van der Waals surface area contributed by atoms with Crippen LogP contribution in [0.5, 0.6) is 0 Å². The molecule has 1 aliphatic heterocycles. The number of likely N-dealkylation sites (N-methyl/N-ethyl adjacent to an activating group) is 1. The monoisotopic (exact) mass is 299 g/mol. The molecule has 2 fully saturated rings. The molecule has 0 radical (unpaired) electrons. The summed E-state index contributed by atoms with van der Waals surface area (Å²) in [4.78, 5) is 14.2. The lowest BCUT2D eigenvalue weighted by Gasteiger charge is -2.19. The van der Waals surface area contributed by atoms with Gasteiger partial charge in [0, 0.05) is 24.7 Å². The normalized spacial score (nSPS) is 26.4. The Kier molecular flexibility index (Phi) is 3.90. The third-order valence-corrected chi connectivity index (χ3v) is 4.83. The largest absolute Gasteiger partial charge is 0.392 e. The topological polar surface area (TPSA) is 76.4 Å². The van der Waals surface area contributed by atoms with Gasteiger partial charge in [-0.2, -0.15) is 5.26 Å². The summed E-state index contributed by atoms with van der Waals surface area (Å²) in [5, 5.41) is 21.7. The molecule has 1 saturated heterocycles. The van der Waals surface area contributed by atoms with Crippen molar-refractivity contribution in [3.63, 3.8) is 0 Å². The highest BCUT2D eigenvalue weighted by Gasteiger charge is 2.44. The molecule has 1 aliphatic carbocycles. The molecule has 1 amide bonds. The Balaban J connectivity index is 1.58. The van der Waals surface area contributed by atoms with Gasteiger partial charge in [-0.3, -0.25) is 9.69 Å². The standard InChI is InChI=1S/C17H21N3O2/c1-20-10-15(21)8-14(20)9-19-16(22)12-2-4-13(5-3-12)17(11-18)6-7-17/h2-5,14-15,21H,6-10H2,1H3,(H,19,22)/t14-,15+/m0/s1. The van der Waals surface area contributed by atoms with E-state index in [1.165, 1.54) is 0 Å². The van der Waals surface area contributed by atoms with E-state index in [0.717, 1.165) is 18.4 Å². The van der Waals surface area contributed by atoms with Gasteiger partial charge < -0.3 is 10.4 Å². The van der Waals surface area contributed by atoms with Gasteiger partial charge in [0.1, 0.15) is 0 Å². The molecular weight excluding hydrogens is 278 g/mol. The number of benzene rings is 1. The summed E-state index contributed by atoms with van der Waals surface area (Å²) in [7, 11) is 1.96. The Morgan fingerprint density at radius 2 is 2.14 bits per heavy atom. The van der Waals surface area contributed by atoms with Crippen molar-refractivity contribution in [1.82, 2.24) is 10.2 Å². The average molecular weight is 299 g/mol. The molecule has 1 saturated carbocycles. The van der Waals surface area contributed by atoms with Gasteiger partial charge in [-0.1, -0.05) is 12.1 Å². The van der Waals surface area contributed by atoms with E-state index in [-0.39, 0.29) is 23.5 Å². The fraction of sp³-hybridized carbons (Fsp3) is 0.529. The maximum atomic E-state index is 12.2. The third-order valence-electron chi connectivity index (χ3n) is 4.83. The smallest absolute Gasteiger partial charge is 0.251 e. The molecule has 116 valence electrons. The van der Waals surface area contributed by atoms with Crippen molar-refractivity contribution in [2.24, 2.45) is 0 Å². The Morgan fingerprint density at radius 1 is 1.45 bits per heavy atom. The number of hydrogen-bond acceptors (Lipinski definition) is 4. The van der Waals surface area contributed by atoms with Crippen LogP contribution in [0.2, 0.25) is 0 Å². The van der Waals surface area contributed by atoms with Crippen LogP contribution in [0.3, 0.4) is 0 Å². The summed E-state index contributed by atoms with van der Waals surface area (Å²) >= 11 is 0. The number of aliphatic hydroxyl groups excluding tert-OH is 1. The molecule has 1 heterocycles. The number of nitriles is 1. The van der Waals surface area contributed by atoms with E-state index in [4.69, 9.17) is 0 Å². The SMILES string of the molecule is CN1C[C@H](O)C[C@H]1CNC(=O)c1ccc(C2(C#N)CC2)cc1. The summed E-state index contributed by atoms with van der Waals surface area (Å²) < 4.78 is 0. The minimum absolute atomic E-state index is 0.108. The van der Waals surface area contributed by atoms with Crippen molar-refractivity contribution in [3.05, 3.63) is 35.4 Å². The van der Waals surface area contributed by atoms with Crippen molar-refractivity contribution < 1.29 is 9.90 Å². The maximum Gasteiger partial charge on any atom is 0.251 e. The highest BCUT2D eigenvalue weighted by molar-refractivity contribution is 5.94. The Morgan fingerprint density at radius 3 is 2.64 bits per heavy atom. The summed E-state index contributed by atoms with van der Waals surface area (Å²) in [6.45, 7) is 1.20. The van der Waals surface area contributed by atoms with E-state index in [0.29, 0.717) is 25.1 Å². The second-order valence-electron chi connectivity index (χ2n) is 6.46.